The van der Waals surface area contributed by atoms with Gasteiger partial charge in [0, 0.05) is 44.3 Å². The minimum absolute atomic E-state index is 0.149. The van der Waals surface area contributed by atoms with Gasteiger partial charge < -0.3 is 20.1 Å². The number of hydrogen-bond donors (Lipinski definition) is 2. The van der Waals surface area contributed by atoms with Crippen LogP contribution in [0.25, 0.3) is 6.08 Å². The highest BCUT2D eigenvalue weighted by molar-refractivity contribution is 6.02. The molecule has 2 aromatic carbocycles. The summed E-state index contributed by atoms with van der Waals surface area (Å²) < 4.78 is 11.3. The minimum Gasteiger partial charge on any atom is -0.449 e. The maximum Gasteiger partial charge on any atom is 0.251 e. The van der Waals surface area contributed by atoms with E-state index in [1.165, 1.54) is 6.08 Å². The number of nitrogens with one attached hydrogen (secondary N) is 2. The Kier molecular flexibility index (Phi) is 4.67. The lowest BCUT2D eigenvalue weighted by Crippen LogP contribution is -2.29. The summed E-state index contributed by atoms with van der Waals surface area (Å²) in [5.41, 5.74) is 2.01. The second-order valence-electron chi connectivity index (χ2n) is 6.29. The van der Waals surface area contributed by atoms with Crippen molar-refractivity contribution in [1.29, 1.82) is 0 Å². The van der Waals surface area contributed by atoms with E-state index < -0.39 is 5.79 Å². The summed E-state index contributed by atoms with van der Waals surface area (Å²) in [6.07, 6.45) is 3.11. The highest BCUT2D eigenvalue weighted by atomic mass is 16.7. The van der Waals surface area contributed by atoms with Gasteiger partial charge in [0.05, 0.1) is 0 Å². The molecule has 0 unspecified atom stereocenters. The van der Waals surface area contributed by atoms with E-state index in [1.54, 1.807) is 55.6 Å². The fourth-order valence-corrected chi connectivity index (χ4v) is 2.55. The number of benzene rings is 2. The first kappa shape index (κ1) is 17.5. The molecule has 134 valence electrons. The molecule has 1 aliphatic heterocycles. The Labute approximate surface area is 151 Å². The van der Waals surface area contributed by atoms with E-state index in [9.17, 15) is 9.59 Å². The molecule has 2 amide bonds. The molecule has 6 heteroatoms. The van der Waals surface area contributed by atoms with Crippen molar-refractivity contribution in [1.82, 2.24) is 5.32 Å². The molecule has 0 atom stereocenters. The second-order valence-corrected chi connectivity index (χ2v) is 6.29. The van der Waals surface area contributed by atoms with E-state index in [-0.39, 0.29) is 11.8 Å². The SMILES string of the molecule is CNC(=O)c1ccc(C=CC(=O)Nc2ccc3c(c2)OC(C)(C)O3)cc1. The van der Waals surface area contributed by atoms with Crippen molar-refractivity contribution < 1.29 is 19.1 Å². The predicted molar refractivity (Wildman–Crippen MR) is 99.3 cm³/mol. The van der Waals surface area contributed by atoms with E-state index in [0.29, 0.717) is 22.7 Å². The zero-order chi connectivity index (χ0) is 18.7. The summed E-state index contributed by atoms with van der Waals surface area (Å²) in [6.45, 7) is 3.65. The summed E-state index contributed by atoms with van der Waals surface area (Å²) in [5, 5.41) is 5.34. The van der Waals surface area contributed by atoms with Crippen molar-refractivity contribution in [3.63, 3.8) is 0 Å². The molecule has 0 fully saturated rings. The van der Waals surface area contributed by atoms with Gasteiger partial charge in [-0.1, -0.05) is 12.1 Å². The number of anilines is 1. The van der Waals surface area contributed by atoms with Crippen LogP contribution in [0.15, 0.2) is 48.5 Å². The number of amides is 2. The molecule has 2 N–H and O–H groups in total. The molecule has 3 rings (SSSR count). The molecular weight excluding hydrogens is 332 g/mol. The molecule has 1 heterocycles. The normalized spacial score (nSPS) is 14.3. The third-order valence-corrected chi connectivity index (χ3v) is 3.75. The largest absolute Gasteiger partial charge is 0.449 e. The average Bonchev–Trinajstić information content (AvgIpc) is 2.92. The number of ether oxygens (including phenoxy) is 2. The molecule has 26 heavy (non-hydrogen) atoms. The van der Waals surface area contributed by atoms with Crippen LogP contribution in [-0.2, 0) is 4.79 Å². The second kappa shape index (κ2) is 6.92. The van der Waals surface area contributed by atoms with Gasteiger partial charge in [-0.25, -0.2) is 0 Å². The molecule has 6 nitrogen and oxygen atoms in total. The number of fused-ring (bicyclic) bond motifs is 1. The van der Waals surface area contributed by atoms with Crippen molar-refractivity contribution >= 4 is 23.6 Å². The fourth-order valence-electron chi connectivity index (χ4n) is 2.55. The predicted octanol–water partition coefficient (Wildman–Crippen LogP) is 3.21. The van der Waals surface area contributed by atoms with E-state index in [2.05, 4.69) is 10.6 Å². The van der Waals surface area contributed by atoms with Crippen molar-refractivity contribution in [2.24, 2.45) is 0 Å². The van der Waals surface area contributed by atoms with Crippen LogP contribution in [0.5, 0.6) is 11.5 Å². The molecule has 0 aromatic heterocycles. The number of rotatable bonds is 4. The van der Waals surface area contributed by atoms with Crippen molar-refractivity contribution in [2.45, 2.75) is 19.6 Å². The average molecular weight is 352 g/mol. The molecular formula is C20H20N2O4. The van der Waals surface area contributed by atoms with Crippen LogP contribution in [-0.4, -0.2) is 24.6 Å². The van der Waals surface area contributed by atoms with Crippen LogP contribution in [0.2, 0.25) is 0 Å². The maximum atomic E-state index is 12.1. The highest BCUT2D eigenvalue weighted by Gasteiger charge is 2.31. The zero-order valence-corrected chi connectivity index (χ0v) is 14.8. The van der Waals surface area contributed by atoms with Crippen LogP contribution < -0.4 is 20.1 Å². The number of hydrogen-bond acceptors (Lipinski definition) is 4. The van der Waals surface area contributed by atoms with Crippen LogP contribution in [0, 0.1) is 0 Å². The maximum absolute atomic E-state index is 12.1. The highest BCUT2D eigenvalue weighted by Crippen LogP contribution is 2.40. The molecule has 0 aliphatic carbocycles. The Morgan fingerprint density at radius 3 is 2.38 bits per heavy atom. The van der Waals surface area contributed by atoms with Crippen LogP contribution in [0.1, 0.15) is 29.8 Å². The van der Waals surface area contributed by atoms with Gasteiger partial charge in [-0.05, 0) is 35.9 Å². The van der Waals surface area contributed by atoms with E-state index in [0.717, 1.165) is 5.56 Å². The Morgan fingerprint density at radius 1 is 1.00 bits per heavy atom. The Hall–Kier alpha value is -3.28. The standard InChI is InChI=1S/C20H20N2O4/c1-20(2)25-16-10-9-15(12-17(16)26-20)22-18(23)11-6-13-4-7-14(8-5-13)19(24)21-3/h4-12H,1-3H3,(H,21,24)(H,22,23). The van der Waals surface area contributed by atoms with Crippen molar-refractivity contribution in [3.05, 3.63) is 59.7 Å². The smallest absolute Gasteiger partial charge is 0.251 e. The lowest BCUT2D eigenvalue weighted by Gasteiger charge is -2.16. The molecule has 0 bridgehead atoms. The lowest BCUT2D eigenvalue weighted by atomic mass is 10.1. The number of carbonyl (C=O) groups excluding carboxylic acids is 2. The van der Waals surface area contributed by atoms with Gasteiger partial charge in [-0.2, -0.15) is 0 Å². The lowest BCUT2D eigenvalue weighted by molar-refractivity contribution is -0.111. The Morgan fingerprint density at radius 2 is 1.69 bits per heavy atom. The van der Waals surface area contributed by atoms with Crippen LogP contribution in [0.4, 0.5) is 5.69 Å². The van der Waals surface area contributed by atoms with E-state index in [4.69, 9.17) is 9.47 Å². The number of carbonyl (C=O) groups is 2. The zero-order valence-electron chi connectivity index (χ0n) is 14.8. The fraction of sp³-hybridized carbons (Fsp3) is 0.200. The molecule has 1 aliphatic rings. The summed E-state index contributed by atoms with van der Waals surface area (Å²) in [5.74, 6) is 0.134. The quantitative estimate of drug-likeness (QED) is 0.829. The first-order valence-electron chi connectivity index (χ1n) is 8.19. The molecule has 2 aromatic rings. The van der Waals surface area contributed by atoms with Crippen LogP contribution in [0.3, 0.4) is 0 Å². The van der Waals surface area contributed by atoms with Gasteiger partial charge in [0.1, 0.15) is 0 Å². The van der Waals surface area contributed by atoms with Gasteiger partial charge in [-0.15, -0.1) is 0 Å². The van der Waals surface area contributed by atoms with Gasteiger partial charge in [0.15, 0.2) is 11.5 Å². The van der Waals surface area contributed by atoms with Gasteiger partial charge in [0.25, 0.3) is 5.91 Å². The van der Waals surface area contributed by atoms with Gasteiger partial charge in [0.2, 0.25) is 11.7 Å². The summed E-state index contributed by atoms with van der Waals surface area (Å²) in [4.78, 5) is 23.6. The third kappa shape index (κ3) is 4.03. The van der Waals surface area contributed by atoms with E-state index in [1.807, 2.05) is 13.8 Å². The van der Waals surface area contributed by atoms with Gasteiger partial charge in [-0.3, -0.25) is 9.59 Å². The Bertz CT molecular complexity index is 870. The van der Waals surface area contributed by atoms with E-state index >= 15 is 0 Å². The summed E-state index contributed by atoms with van der Waals surface area (Å²) >= 11 is 0. The van der Waals surface area contributed by atoms with Gasteiger partial charge >= 0.3 is 0 Å². The first-order valence-corrected chi connectivity index (χ1v) is 8.19. The van der Waals surface area contributed by atoms with Crippen molar-refractivity contribution in [3.8, 4) is 11.5 Å². The topological polar surface area (TPSA) is 76.7 Å². The van der Waals surface area contributed by atoms with Crippen molar-refractivity contribution in [2.75, 3.05) is 12.4 Å². The molecule has 0 radical (unpaired) electrons. The van der Waals surface area contributed by atoms with Crippen LogP contribution >= 0.6 is 0 Å². The minimum atomic E-state index is -0.703. The monoisotopic (exact) mass is 352 g/mol. The molecule has 0 saturated carbocycles. The first-order chi connectivity index (χ1) is 12.4. The Balaban J connectivity index is 1.63. The molecule has 0 saturated heterocycles. The summed E-state index contributed by atoms with van der Waals surface area (Å²) in [7, 11) is 1.58. The molecule has 0 spiro atoms. The third-order valence-electron chi connectivity index (χ3n) is 3.75. The summed E-state index contributed by atoms with van der Waals surface area (Å²) in [6, 6.07) is 12.2.